The number of benzene rings is 1. The van der Waals surface area contributed by atoms with Crippen molar-refractivity contribution in [3.63, 3.8) is 0 Å². The van der Waals surface area contributed by atoms with E-state index in [9.17, 15) is 9.59 Å². The van der Waals surface area contributed by atoms with Gasteiger partial charge in [0.15, 0.2) is 0 Å². The number of carbonyl (C=O) groups is 2. The van der Waals surface area contributed by atoms with Crippen molar-refractivity contribution in [3.8, 4) is 11.5 Å². The first-order chi connectivity index (χ1) is 12.0. The number of ether oxygens (including phenoxy) is 2. The zero-order chi connectivity index (χ0) is 18.4. The van der Waals surface area contributed by atoms with Crippen LogP contribution in [-0.2, 0) is 9.59 Å². The Bertz CT molecular complexity index is 611. The molecular weight excluding hydrogens is 320 g/mol. The van der Waals surface area contributed by atoms with Gasteiger partial charge in [-0.2, -0.15) is 0 Å². The molecule has 0 radical (unpaired) electrons. The van der Waals surface area contributed by atoms with Gasteiger partial charge in [0.1, 0.15) is 11.5 Å². The Labute approximate surface area is 149 Å². The Hall–Kier alpha value is -2.24. The van der Waals surface area contributed by atoms with Crippen LogP contribution in [0.25, 0.3) is 0 Å². The lowest BCUT2D eigenvalue weighted by molar-refractivity contribution is -0.135. The van der Waals surface area contributed by atoms with Gasteiger partial charge in [0.25, 0.3) is 0 Å². The van der Waals surface area contributed by atoms with Crippen LogP contribution in [0.1, 0.15) is 33.1 Å². The van der Waals surface area contributed by atoms with E-state index in [0.29, 0.717) is 23.7 Å². The van der Waals surface area contributed by atoms with E-state index in [1.165, 1.54) is 0 Å². The second-order valence-electron chi connectivity index (χ2n) is 6.27. The van der Waals surface area contributed by atoms with Gasteiger partial charge in [0.2, 0.25) is 11.8 Å². The second kappa shape index (κ2) is 8.74. The lowest BCUT2D eigenvalue weighted by atomic mass is 10.1. The molecule has 0 bridgehead atoms. The molecule has 6 heteroatoms. The molecule has 1 aromatic rings. The Kier molecular flexibility index (Phi) is 6.67. The quantitative estimate of drug-likeness (QED) is 0.725. The Morgan fingerprint density at radius 3 is 2.44 bits per heavy atom. The zero-order valence-corrected chi connectivity index (χ0v) is 15.6. The minimum absolute atomic E-state index is 0.0575. The topological polar surface area (TPSA) is 59.1 Å². The van der Waals surface area contributed by atoms with Crippen molar-refractivity contribution in [1.29, 1.82) is 0 Å². The first-order valence-corrected chi connectivity index (χ1v) is 8.86. The number of hydrogen-bond donors (Lipinski definition) is 0. The van der Waals surface area contributed by atoms with Crippen LogP contribution in [0.4, 0.5) is 5.69 Å². The molecule has 1 aliphatic heterocycles. The number of hydrogen-bond acceptors (Lipinski definition) is 4. The summed E-state index contributed by atoms with van der Waals surface area (Å²) in [5.74, 6) is 0.957. The van der Waals surface area contributed by atoms with Crippen molar-refractivity contribution in [2.24, 2.45) is 5.92 Å². The summed E-state index contributed by atoms with van der Waals surface area (Å²) in [5, 5.41) is 0. The summed E-state index contributed by atoms with van der Waals surface area (Å²) in [6.45, 7) is 5.97. The molecule has 2 rings (SSSR count). The van der Waals surface area contributed by atoms with E-state index in [1.54, 1.807) is 37.3 Å². The normalized spacial score (nSPS) is 16.9. The molecule has 1 saturated heterocycles. The van der Waals surface area contributed by atoms with E-state index in [2.05, 4.69) is 13.8 Å². The summed E-state index contributed by atoms with van der Waals surface area (Å²) in [6.07, 6.45) is 2.07. The highest BCUT2D eigenvalue weighted by atomic mass is 16.5. The van der Waals surface area contributed by atoms with E-state index >= 15 is 0 Å². The molecule has 138 valence electrons. The predicted octanol–water partition coefficient (Wildman–Crippen LogP) is 2.71. The molecule has 0 aliphatic carbocycles. The number of anilines is 1. The molecule has 1 atom stereocenters. The maximum absolute atomic E-state index is 12.8. The molecule has 1 fully saturated rings. The summed E-state index contributed by atoms with van der Waals surface area (Å²) in [4.78, 5) is 28.9. The molecule has 0 unspecified atom stereocenters. The van der Waals surface area contributed by atoms with E-state index in [1.807, 2.05) is 4.90 Å². The van der Waals surface area contributed by atoms with Gasteiger partial charge < -0.3 is 19.3 Å². The van der Waals surface area contributed by atoms with Crippen LogP contribution in [0.5, 0.6) is 11.5 Å². The first-order valence-electron chi connectivity index (χ1n) is 8.86. The molecule has 0 aromatic heterocycles. The fourth-order valence-corrected chi connectivity index (χ4v) is 3.24. The number of nitrogens with zero attached hydrogens (tertiary/aromatic N) is 2. The highest BCUT2D eigenvalue weighted by Crippen LogP contribution is 2.36. The highest BCUT2D eigenvalue weighted by Gasteiger charge is 2.38. The molecule has 0 spiro atoms. The van der Waals surface area contributed by atoms with Gasteiger partial charge in [-0.15, -0.1) is 0 Å². The van der Waals surface area contributed by atoms with Crippen LogP contribution in [0, 0.1) is 5.92 Å². The van der Waals surface area contributed by atoms with Crippen LogP contribution in [0.3, 0.4) is 0 Å². The number of methoxy groups -OCH3 is 2. The number of amides is 2. The van der Waals surface area contributed by atoms with Gasteiger partial charge in [0, 0.05) is 32.1 Å². The first kappa shape index (κ1) is 19.1. The standard InChI is InChI=1S/C19H28N2O4/c1-5-9-20(10-6-2)19(23)14-11-18(22)21(13-14)16-12-15(24-3)7-8-17(16)25-4/h7-8,12,14H,5-6,9-11,13H2,1-4H3/t14-/m0/s1. The van der Waals surface area contributed by atoms with Gasteiger partial charge >= 0.3 is 0 Å². The minimum atomic E-state index is -0.304. The molecule has 1 aromatic carbocycles. The van der Waals surface area contributed by atoms with Crippen molar-refractivity contribution < 1.29 is 19.1 Å². The lowest BCUT2D eigenvalue weighted by Gasteiger charge is -2.25. The molecule has 0 N–H and O–H groups in total. The predicted molar refractivity (Wildman–Crippen MR) is 97.2 cm³/mol. The van der Waals surface area contributed by atoms with Crippen LogP contribution < -0.4 is 14.4 Å². The van der Waals surface area contributed by atoms with Gasteiger partial charge in [-0.3, -0.25) is 9.59 Å². The average molecular weight is 348 g/mol. The smallest absolute Gasteiger partial charge is 0.228 e. The van der Waals surface area contributed by atoms with E-state index in [0.717, 1.165) is 25.9 Å². The lowest BCUT2D eigenvalue weighted by Crippen LogP contribution is -2.38. The van der Waals surface area contributed by atoms with Crippen molar-refractivity contribution in [3.05, 3.63) is 18.2 Å². The van der Waals surface area contributed by atoms with Crippen molar-refractivity contribution in [1.82, 2.24) is 4.90 Å². The fourth-order valence-electron chi connectivity index (χ4n) is 3.24. The van der Waals surface area contributed by atoms with Gasteiger partial charge in [-0.25, -0.2) is 0 Å². The van der Waals surface area contributed by atoms with Gasteiger partial charge in [-0.05, 0) is 25.0 Å². The Balaban J connectivity index is 2.21. The fraction of sp³-hybridized carbons (Fsp3) is 0.579. The zero-order valence-electron chi connectivity index (χ0n) is 15.6. The van der Waals surface area contributed by atoms with Crippen molar-refractivity contribution in [2.75, 3.05) is 38.8 Å². The van der Waals surface area contributed by atoms with E-state index < -0.39 is 0 Å². The molecule has 1 heterocycles. The molecule has 2 amide bonds. The Morgan fingerprint density at radius 2 is 1.88 bits per heavy atom. The monoisotopic (exact) mass is 348 g/mol. The van der Waals surface area contributed by atoms with Gasteiger partial charge in [0.05, 0.1) is 25.8 Å². The number of rotatable bonds is 8. The SMILES string of the molecule is CCCN(CCC)C(=O)[C@H]1CC(=O)N(c2cc(OC)ccc2OC)C1. The second-order valence-corrected chi connectivity index (χ2v) is 6.27. The molecule has 6 nitrogen and oxygen atoms in total. The Morgan fingerprint density at radius 1 is 1.20 bits per heavy atom. The molecule has 1 aliphatic rings. The third-order valence-electron chi connectivity index (χ3n) is 4.45. The average Bonchev–Trinajstić information content (AvgIpc) is 3.01. The maximum Gasteiger partial charge on any atom is 0.228 e. The molecule has 0 saturated carbocycles. The highest BCUT2D eigenvalue weighted by molar-refractivity contribution is 6.01. The summed E-state index contributed by atoms with van der Waals surface area (Å²) in [5.41, 5.74) is 0.652. The number of carbonyl (C=O) groups excluding carboxylic acids is 2. The van der Waals surface area contributed by atoms with Crippen LogP contribution in [-0.4, -0.2) is 50.6 Å². The molecular formula is C19H28N2O4. The summed E-state index contributed by atoms with van der Waals surface area (Å²) in [6, 6.07) is 5.34. The van der Waals surface area contributed by atoms with Crippen LogP contribution in [0.15, 0.2) is 18.2 Å². The van der Waals surface area contributed by atoms with Crippen molar-refractivity contribution >= 4 is 17.5 Å². The summed E-state index contributed by atoms with van der Waals surface area (Å²) >= 11 is 0. The van der Waals surface area contributed by atoms with E-state index in [4.69, 9.17) is 9.47 Å². The van der Waals surface area contributed by atoms with Crippen molar-refractivity contribution in [2.45, 2.75) is 33.1 Å². The van der Waals surface area contributed by atoms with E-state index in [-0.39, 0.29) is 24.2 Å². The summed E-state index contributed by atoms with van der Waals surface area (Å²) < 4.78 is 10.6. The minimum Gasteiger partial charge on any atom is -0.497 e. The summed E-state index contributed by atoms with van der Waals surface area (Å²) in [7, 11) is 3.15. The third-order valence-corrected chi connectivity index (χ3v) is 4.45. The molecule has 25 heavy (non-hydrogen) atoms. The third kappa shape index (κ3) is 4.24. The van der Waals surface area contributed by atoms with Crippen LogP contribution >= 0.6 is 0 Å². The largest absolute Gasteiger partial charge is 0.497 e. The maximum atomic E-state index is 12.8. The van der Waals surface area contributed by atoms with Gasteiger partial charge in [-0.1, -0.05) is 13.8 Å². The van der Waals surface area contributed by atoms with Crippen LogP contribution in [0.2, 0.25) is 0 Å².